The Morgan fingerprint density at radius 2 is 1.76 bits per heavy atom. The molecule has 2 aromatic rings. The molecule has 2 aromatic carbocycles. The van der Waals surface area contributed by atoms with Gasteiger partial charge < -0.3 is 10.1 Å². The summed E-state index contributed by atoms with van der Waals surface area (Å²) in [5, 5.41) is 3.10. The number of Topliss-reactive ketones (excluding diaryl/α,β-unsaturated/α-hetero) is 1. The second-order valence-corrected chi connectivity index (χ2v) is 8.22. The first-order chi connectivity index (χ1) is 15.8. The van der Waals surface area contributed by atoms with Crippen LogP contribution in [0.3, 0.4) is 0 Å². The van der Waals surface area contributed by atoms with Gasteiger partial charge in [0.05, 0.1) is 17.7 Å². The molecule has 1 atom stereocenters. The SMILES string of the molecule is CC1=C(C(=O)OCCc2ccccc2)C(c2ccccc2C(F)(F)F)C2=C(CCCC2=O)N1. The number of alkyl halides is 3. The van der Waals surface area contributed by atoms with Crippen molar-refractivity contribution in [1.29, 1.82) is 0 Å². The smallest absolute Gasteiger partial charge is 0.416 e. The zero-order valence-corrected chi connectivity index (χ0v) is 18.2. The van der Waals surface area contributed by atoms with Crippen molar-refractivity contribution in [3.63, 3.8) is 0 Å². The van der Waals surface area contributed by atoms with Crippen molar-refractivity contribution >= 4 is 11.8 Å². The van der Waals surface area contributed by atoms with Crippen LogP contribution in [0.25, 0.3) is 0 Å². The maximum Gasteiger partial charge on any atom is 0.416 e. The molecular formula is C26H24F3NO3. The van der Waals surface area contributed by atoms with Crippen molar-refractivity contribution in [2.45, 2.75) is 44.7 Å². The van der Waals surface area contributed by atoms with Crippen LogP contribution in [-0.2, 0) is 26.9 Å². The predicted molar refractivity (Wildman–Crippen MR) is 117 cm³/mol. The van der Waals surface area contributed by atoms with Crippen LogP contribution in [0, 0.1) is 0 Å². The number of dihydropyridines is 1. The molecule has 172 valence electrons. The lowest BCUT2D eigenvalue weighted by Gasteiger charge is -2.35. The number of rotatable bonds is 5. The number of hydrogen-bond acceptors (Lipinski definition) is 4. The van der Waals surface area contributed by atoms with Gasteiger partial charge >= 0.3 is 12.1 Å². The van der Waals surface area contributed by atoms with Gasteiger partial charge in [-0.2, -0.15) is 13.2 Å². The van der Waals surface area contributed by atoms with E-state index in [4.69, 9.17) is 4.74 Å². The Balaban J connectivity index is 1.72. The molecular weight excluding hydrogens is 431 g/mol. The highest BCUT2D eigenvalue weighted by Gasteiger charge is 2.43. The number of carbonyl (C=O) groups is 2. The topological polar surface area (TPSA) is 55.4 Å². The minimum atomic E-state index is -4.63. The van der Waals surface area contributed by atoms with E-state index in [2.05, 4.69) is 5.32 Å². The van der Waals surface area contributed by atoms with E-state index >= 15 is 0 Å². The summed E-state index contributed by atoms with van der Waals surface area (Å²) >= 11 is 0. The van der Waals surface area contributed by atoms with Gasteiger partial charge in [0.1, 0.15) is 0 Å². The Morgan fingerprint density at radius 1 is 1.06 bits per heavy atom. The third kappa shape index (κ3) is 4.72. The molecule has 1 heterocycles. The molecule has 33 heavy (non-hydrogen) atoms. The van der Waals surface area contributed by atoms with Crippen LogP contribution in [0.5, 0.6) is 0 Å². The fourth-order valence-corrected chi connectivity index (χ4v) is 4.56. The third-order valence-corrected chi connectivity index (χ3v) is 6.04. The lowest BCUT2D eigenvalue weighted by molar-refractivity contribution is -0.141. The molecule has 1 aliphatic heterocycles. The Kier molecular flexibility index (Phi) is 6.40. The van der Waals surface area contributed by atoms with Gasteiger partial charge in [0.15, 0.2) is 5.78 Å². The maximum absolute atomic E-state index is 13.9. The molecule has 2 aliphatic rings. The average Bonchev–Trinajstić information content (AvgIpc) is 2.78. The zero-order chi connectivity index (χ0) is 23.6. The van der Waals surface area contributed by atoms with Gasteiger partial charge in [-0.15, -0.1) is 0 Å². The molecule has 0 bridgehead atoms. The molecule has 0 fully saturated rings. The van der Waals surface area contributed by atoms with Gasteiger partial charge in [-0.1, -0.05) is 48.5 Å². The van der Waals surface area contributed by atoms with Gasteiger partial charge in [0.25, 0.3) is 0 Å². The highest BCUT2D eigenvalue weighted by molar-refractivity contribution is 6.03. The third-order valence-electron chi connectivity index (χ3n) is 6.04. The largest absolute Gasteiger partial charge is 0.462 e. The second-order valence-electron chi connectivity index (χ2n) is 8.22. The molecule has 4 nitrogen and oxygen atoms in total. The lowest BCUT2D eigenvalue weighted by atomic mass is 9.74. The summed E-state index contributed by atoms with van der Waals surface area (Å²) in [4.78, 5) is 26.1. The first kappa shape index (κ1) is 22.8. The van der Waals surface area contributed by atoms with Crippen LogP contribution in [-0.4, -0.2) is 18.4 Å². The molecule has 4 rings (SSSR count). The molecule has 0 aromatic heterocycles. The molecule has 1 aliphatic carbocycles. The molecule has 0 spiro atoms. The van der Waals surface area contributed by atoms with Crippen LogP contribution in [0.15, 0.2) is 77.1 Å². The van der Waals surface area contributed by atoms with E-state index in [9.17, 15) is 22.8 Å². The van der Waals surface area contributed by atoms with E-state index in [1.54, 1.807) is 6.92 Å². The number of allylic oxidation sites excluding steroid dienone is 3. The van der Waals surface area contributed by atoms with Gasteiger partial charge in [-0.3, -0.25) is 4.79 Å². The summed E-state index contributed by atoms with van der Waals surface area (Å²) in [7, 11) is 0. The summed E-state index contributed by atoms with van der Waals surface area (Å²) < 4.78 is 47.2. The van der Waals surface area contributed by atoms with Crippen LogP contribution < -0.4 is 5.32 Å². The minimum absolute atomic E-state index is 0.0498. The number of nitrogens with one attached hydrogen (secondary N) is 1. The fraction of sp³-hybridized carbons (Fsp3) is 0.308. The van der Waals surface area contributed by atoms with Crippen molar-refractivity contribution in [3.8, 4) is 0 Å². The summed E-state index contributed by atoms with van der Waals surface area (Å²) in [6.07, 6.45) is -2.76. The number of ether oxygens (including phenoxy) is 1. The summed E-state index contributed by atoms with van der Waals surface area (Å²) in [6.45, 7) is 1.72. The molecule has 7 heteroatoms. The first-order valence-electron chi connectivity index (χ1n) is 10.9. The summed E-state index contributed by atoms with van der Waals surface area (Å²) in [5.41, 5.74) is 1.30. The van der Waals surface area contributed by atoms with Gasteiger partial charge in [0, 0.05) is 35.7 Å². The fourth-order valence-electron chi connectivity index (χ4n) is 4.56. The standard InChI is InChI=1S/C26H24F3NO3/c1-16-22(25(32)33-15-14-17-8-3-2-4-9-17)23(24-20(30-16)12-7-13-21(24)31)18-10-5-6-11-19(18)26(27,28)29/h2-6,8-11,23,30H,7,12-15H2,1H3. The van der Waals surface area contributed by atoms with Crippen LogP contribution in [0.1, 0.15) is 48.8 Å². The number of ketones is 1. The highest BCUT2D eigenvalue weighted by Crippen LogP contribution is 2.46. The van der Waals surface area contributed by atoms with E-state index < -0.39 is 23.6 Å². The predicted octanol–water partition coefficient (Wildman–Crippen LogP) is 5.46. The molecule has 0 saturated carbocycles. The Hall–Kier alpha value is -3.35. The number of esters is 1. The quantitative estimate of drug-likeness (QED) is 0.609. The Labute approximate surface area is 190 Å². The number of hydrogen-bond donors (Lipinski definition) is 1. The zero-order valence-electron chi connectivity index (χ0n) is 18.2. The van der Waals surface area contributed by atoms with Gasteiger partial charge in [-0.25, -0.2) is 4.79 Å². The molecule has 1 unspecified atom stereocenters. The van der Waals surface area contributed by atoms with Crippen LogP contribution in [0.2, 0.25) is 0 Å². The Bertz CT molecular complexity index is 1130. The first-order valence-corrected chi connectivity index (χ1v) is 10.9. The Morgan fingerprint density at radius 3 is 2.48 bits per heavy atom. The molecule has 0 amide bonds. The normalized spacial score (nSPS) is 18.7. The van der Waals surface area contributed by atoms with Gasteiger partial charge in [0.2, 0.25) is 0 Å². The second kappa shape index (κ2) is 9.25. The van der Waals surface area contributed by atoms with Crippen molar-refractivity contribution in [1.82, 2.24) is 5.32 Å². The molecule has 1 N–H and O–H groups in total. The van der Waals surface area contributed by atoms with Crippen molar-refractivity contribution in [3.05, 3.63) is 93.8 Å². The van der Waals surface area contributed by atoms with E-state index in [0.717, 1.165) is 11.6 Å². The van der Waals surface area contributed by atoms with Crippen LogP contribution >= 0.6 is 0 Å². The van der Waals surface area contributed by atoms with E-state index in [1.165, 1.54) is 18.2 Å². The van der Waals surface area contributed by atoms with E-state index in [-0.39, 0.29) is 35.5 Å². The van der Waals surface area contributed by atoms with E-state index in [1.807, 2.05) is 30.3 Å². The number of benzene rings is 2. The van der Waals surface area contributed by atoms with E-state index in [0.29, 0.717) is 30.7 Å². The monoisotopic (exact) mass is 455 g/mol. The molecule has 0 radical (unpaired) electrons. The highest BCUT2D eigenvalue weighted by atomic mass is 19.4. The minimum Gasteiger partial charge on any atom is -0.462 e. The summed E-state index contributed by atoms with van der Waals surface area (Å²) in [6, 6.07) is 14.6. The van der Waals surface area contributed by atoms with Crippen molar-refractivity contribution in [2.24, 2.45) is 0 Å². The maximum atomic E-state index is 13.9. The van der Waals surface area contributed by atoms with Crippen LogP contribution in [0.4, 0.5) is 13.2 Å². The number of carbonyl (C=O) groups excluding carboxylic acids is 2. The average molecular weight is 455 g/mol. The number of halogens is 3. The summed E-state index contributed by atoms with van der Waals surface area (Å²) in [5.74, 6) is -2.09. The molecule has 0 saturated heterocycles. The van der Waals surface area contributed by atoms with Crippen molar-refractivity contribution in [2.75, 3.05) is 6.61 Å². The van der Waals surface area contributed by atoms with Gasteiger partial charge in [-0.05, 0) is 37.0 Å². The lowest BCUT2D eigenvalue weighted by Crippen LogP contribution is -2.35. The van der Waals surface area contributed by atoms with Crippen molar-refractivity contribution < 1.29 is 27.5 Å².